The summed E-state index contributed by atoms with van der Waals surface area (Å²) in [6, 6.07) is 18.8. The molecule has 5 nitrogen and oxygen atoms in total. The molecular formula is C19H13FN2O3S2. The number of aromatic nitrogens is 1. The van der Waals surface area contributed by atoms with Gasteiger partial charge in [0.05, 0.1) is 11.9 Å². The molecule has 0 aliphatic heterocycles. The van der Waals surface area contributed by atoms with Gasteiger partial charge in [0.2, 0.25) is 5.09 Å². The maximum atomic E-state index is 13.7. The van der Waals surface area contributed by atoms with Gasteiger partial charge in [0.15, 0.2) is 0 Å². The van der Waals surface area contributed by atoms with E-state index in [1.54, 1.807) is 24.3 Å². The zero-order valence-electron chi connectivity index (χ0n) is 13.8. The highest BCUT2D eigenvalue weighted by Gasteiger charge is 2.22. The van der Waals surface area contributed by atoms with E-state index >= 15 is 0 Å². The molecule has 0 fully saturated rings. The van der Waals surface area contributed by atoms with Gasteiger partial charge in [-0.05, 0) is 18.2 Å². The number of pyridine rings is 1. The molecule has 1 N–H and O–H groups in total. The van der Waals surface area contributed by atoms with E-state index in [0.29, 0.717) is 16.0 Å². The van der Waals surface area contributed by atoms with Crippen LogP contribution < -0.4 is 4.72 Å². The molecule has 0 saturated heterocycles. The highest BCUT2D eigenvalue weighted by atomic mass is 32.2. The summed E-state index contributed by atoms with van der Waals surface area (Å²) in [7, 11) is -4.04. The van der Waals surface area contributed by atoms with Gasteiger partial charge in [-0.3, -0.25) is 4.72 Å². The van der Waals surface area contributed by atoms with Crippen LogP contribution in [-0.4, -0.2) is 13.4 Å². The molecular weight excluding hydrogens is 387 g/mol. The number of furan rings is 1. The van der Waals surface area contributed by atoms with E-state index in [-0.39, 0.29) is 10.8 Å². The quantitative estimate of drug-likeness (QED) is 0.515. The summed E-state index contributed by atoms with van der Waals surface area (Å²) in [5.74, 6) is -0.644. The van der Waals surface area contributed by atoms with E-state index in [1.807, 2.05) is 30.3 Å². The normalized spacial score (nSPS) is 11.6. The van der Waals surface area contributed by atoms with Gasteiger partial charge in [-0.15, -0.1) is 0 Å². The number of halogens is 1. The Morgan fingerprint density at radius 1 is 1.00 bits per heavy atom. The summed E-state index contributed by atoms with van der Waals surface area (Å²) in [4.78, 5) is 4.87. The predicted molar refractivity (Wildman–Crippen MR) is 102 cm³/mol. The Morgan fingerprint density at radius 2 is 1.74 bits per heavy atom. The topological polar surface area (TPSA) is 72.2 Å². The summed E-state index contributed by atoms with van der Waals surface area (Å²) in [6.45, 7) is 0. The van der Waals surface area contributed by atoms with Crippen LogP contribution in [0.1, 0.15) is 0 Å². The SMILES string of the molecule is O=S(=O)(Nc1cc(F)cnc1Sc1ccccc1)c1cc2ccccc2o1. The average Bonchev–Trinajstić information content (AvgIpc) is 3.10. The highest BCUT2D eigenvalue weighted by molar-refractivity contribution is 7.99. The molecule has 2 heterocycles. The summed E-state index contributed by atoms with van der Waals surface area (Å²) in [5.41, 5.74) is 0.499. The molecule has 27 heavy (non-hydrogen) atoms. The Bertz CT molecular complexity index is 1180. The summed E-state index contributed by atoms with van der Waals surface area (Å²) < 4.78 is 46.9. The minimum atomic E-state index is -4.04. The van der Waals surface area contributed by atoms with Crippen LogP contribution in [0.15, 0.2) is 92.4 Å². The third kappa shape index (κ3) is 3.81. The lowest BCUT2D eigenvalue weighted by Crippen LogP contribution is -2.13. The van der Waals surface area contributed by atoms with Gasteiger partial charge >= 0.3 is 0 Å². The van der Waals surface area contributed by atoms with E-state index in [1.165, 1.54) is 17.8 Å². The van der Waals surface area contributed by atoms with Crippen molar-refractivity contribution in [2.24, 2.45) is 0 Å². The van der Waals surface area contributed by atoms with E-state index < -0.39 is 15.8 Å². The minimum absolute atomic E-state index is 0.0457. The molecule has 136 valence electrons. The molecule has 4 rings (SSSR count). The molecule has 0 radical (unpaired) electrons. The van der Waals surface area contributed by atoms with Crippen molar-refractivity contribution in [3.63, 3.8) is 0 Å². The molecule has 0 spiro atoms. The number of nitrogens with zero attached hydrogens (tertiary/aromatic N) is 1. The van der Waals surface area contributed by atoms with Gasteiger partial charge in [-0.25, -0.2) is 9.37 Å². The lowest BCUT2D eigenvalue weighted by Gasteiger charge is -2.10. The molecule has 0 amide bonds. The first-order valence-electron chi connectivity index (χ1n) is 7.91. The fraction of sp³-hybridized carbons (Fsp3) is 0. The number of anilines is 1. The molecule has 0 saturated carbocycles. The van der Waals surface area contributed by atoms with E-state index in [9.17, 15) is 12.8 Å². The molecule has 0 aliphatic carbocycles. The Hall–Kier alpha value is -2.84. The first kappa shape index (κ1) is 17.6. The Kier molecular flexibility index (Phi) is 4.59. The number of rotatable bonds is 5. The second-order valence-corrected chi connectivity index (χ2v) is 8.31. The lowest BCUT2D eigenvalue weighted by atomic mass is 10.3. The Balaban J connectivity index is 1.69. The monoisotopic (exact) mass is 400 g/mol. The Morgan fingerprint density at radius 3 is 2.52 bits per heavy atom. The minimum Gasteiger partial charge on any atom is -0.443 e. The molecule has 8 heteroatoms. The van der Waals surface area contributed by atoms with Crippen molar-refractivity contribution >= 4 is 38.4 Å². The molecule has 2 aromatic carbocycles. The molecule has 0 atom stereocenters. The molecule has 2 aromatic heterocycles. The third-order valence-corrected chi connectivity index (χ3v) is 5.93. The number of benzene rings is 2. The third-order valence-electron chi connectivity index (χ3n) is 3.69. The summed E-state index contributed by atoms with van der Waals surface area (Å²) >= 11 is 1.23. The zero-order valence-corrected chi connectivity index (χ0v) is 15.4. The predicted octanol–water partition coefficient (Wildman–Crippen LogP) is 4.92. The number of para-hydroxylation sites is 1. The van der Waals surface area contributed by atoms with Crippen molar-refractivity contribution in [2.75, 3.05) is 4.72 Å². The number of hydrogen-bond donors (Lipinski definition) is 1. The van der Waals surface area contributed by atoms with Gasteiger partial charge in [-0.1, -0.05) is 48.2 Å². The van der Waals surface area contributed by atoms with Gasteiger partial charge < -0.3 is 4.42 Å². The fourth-order valence-electron chi connectivity index (χ4n) is 2.47. The smallest absolute Gasteiger partial charge is 0.295 e. The molecule has 0 aliphatic rings. The fourth-order valence-corrected chi connectivity index (χ4v) is 4.40. The van der Waals surface area contributed by atoms with Gasteiger partial charge in [0.25, 0.3) is 10.0 Å². The standard InChI is InChI=1S/C19H13FN2O3S2/c20-14-11-16(19(21-12-14)26-15-7-2-1-3-8-15)22-27(23,24)18-10-13-6-4-5-9-17(13)25-18/h1-12,22H. The van der Waals surface area contributed by atoms with E-state index in [0.717, 1.165) is 17.2 Å². The summed E-state index contributed by atoms with van der Waals surface area (Å²) in [5, 5.41) is 0.750. The number of sulfonamides is 1. The molecule has 0 bridgehead atoms. The van der Waals surface area contributed by atoms with Crippen LogP contribution in [0.2, 0.25) is 0 Å². The largest absolute Gasteiger partial charge is 0.443 e. The van der Waals surface area contributed by atoms with Crippen LogP contribution in [0.5, 0.6) is 0 Å². The van der Waals surface area contributed by atoms with Crippen molar-refractivity contribution in [1.29, 1.82) is 0 Å². The van der Waals surface area contributed by atoms with Crippen molar-refractivity contribution in [1.82, 2.24) is 4.98 Å². The van der Waals surface area contributed by atoms with Crippen molar-refractivity contribution in [2.45, 2.75) is 15.0 Å². The van der Waals surface area contributed by atoms with Crippen molar-refractivity contribution in [3.05, 3.63) is 78.7 Å². The van der Waals surface area contributed by atoms with Crippen molar-refractivity contribution < 1.29 is 17.2 Å². The van der Waals surface area contributed by atoms with Crippen molar-refractivity contribution in [3.8, 4) is 0 Å². The van der Waals surface area contributed by atoms with Gasteiger partial charge in [0.1, 0.15) is 16.4 Å². The van der Waals surface area contributed by atoms with Crippen LogP contribution in [0.3, 0.4) is 0 Å². The molecule has 0 unspecified atom stereocenters. The van der Waals surface area contributed by atoms with Crippen LogP contribution >= 0.6 is 11.8 Å². The maximum absolute atomic E-state index is 13.7. The number of hydrogen-bond acceptors (Lipinski definition) is 5. The van der Waals surface area contributed by atoms with E-state index in [4.69, 9.17) is 4.42 Å². The number of nitrogens with one attached hydrogen (secondary N) is 1. The average molecular weight is 400 g/mol. The van der Waals surface area contributed by atoms with Gasteiger partial charge in [-0.2, -0.15) is 8.42 Å². The first-order chi connectivity index (χ1) is 13.0. The maximum Gasteiger partial charge on any atom is 0.295 e. The number of fused-ring (bicyclic) bond motifs is 1. The second-order valence-electron chi connectivity index (χ2n) is 5.63. The lowest BCUT2D eigenvalue weighted by molar-refractivity contribution is 0.484. The summed E-state index contributed by atoms with van der Waals surface area (Å²) in [6.07, 6.45) is 1.05. The van der Waals surface area contributed by atoms with Crippen LogP contribution in [0.4, 0.5) is 10.1 Å². The Labute approximate surface area is 159 Å². The highest BCUT2D eigenvalue weighted by Crippen LogP contribution is 2.33. The van der Waals surface area contributed by atoms with Crippen LogP contribution in [0.25, 0.3) is 11.0 Å². The van der Waals surface area contributed by atoms with E-state index in [2.05, 4.69) is 9.71 Å². The van der Waals surface area contributed by atoms with Crippen LogP contribution in [0, 0.1) is 5.82 Å². The van der Waals surface area contributed by atoms with Crippen LogP contribution in [-0.2, 0) is 10.0 Å². The van der Waals surface area contributed by atoms with Gasteiger partial charge in [0, 0.05) is 22.4 Å². The molecule has 4 aromatic rings. The zero-order chi connectivity index (χ0) is 18.9. The first-order valence-corrected chi connectivity index (χ1v) is 10.2. The second kappa shape index (κ2) is 7.05.